The van der Waals surface area contributed by atoms with Crippen LogP contribution in [0, 0.1) is 5.92 Å². The molecule has 0 saturated carbocycles. The van der Waals surface area contributed by atoms with Gasteiger partial charge in [-0.3, -0.25) is 9.69 Å². The molecule has 4 nitrogen and oxygen atoms in total. The van der Waals surface area contributed by atoms with Crippen molar-refractivity contribution in [2.24, 2.45) is 5.92 Å². The zero-order chi connectivity index (χ0) is 26.1. The number of benzene rings is 2. The molecule has 0 aliphatic heterocycles. The molecular weight excluding hydrogens is 450 g/mol. The number of nitrogens with zero attached hydrogens (tertiary/aromatic N) is 1. The van der Waals surface area contributed by atoms with Crippen molar-refractivity contribution in [2.75, 3.05) is 6.61 Å². The minimum atomic E-state index is -2.08. The van der Waals surface area contributed by atoms with Crippen molar-refractivity contribution < 1.29 is 14.0 Å². The highest BCUT2D eigenvalue weighted by molar-refractivity contribution is 6.74. The van der Waals surface area contributed by atoms with Gasteiger partial charge in [-0.1, -0.05) is 95.3 Å². The monoisotopic (exact) mass is 497 g/mol. The number of esters is 1. The first-order valence-corrected chi connectivity index (χ1v) is 16.0. The molecule has 2 atom stereocenters. The Morgan fingerprint density at radius 3 is 1.80 bits per heavy atom. The van der Waals surface area contributed by atoms with Crippen LogP contribution in [0.25, 0.3) is 0 Å². The van der Waals surface area contributed by atoms with Gasteiger partial charge in [0.15, 0.2) is 8.32 Å². The molecule has 0 aliphatic carbocycles. The molecule has 0 fully saturated rings. The fourth-order valence-electron chi connectivity index (χ4n) is 4.34. The smallest absolute Gasteiger partial charge is 0.305 e. The topological polar surface area (TPSA) is 38.8 Å². The van der Waals surface area contributed by atoms with E-state index in [2.05, 4.69) is 113 Å². The molecule has 5 heteroatoms. The molecule has 35 heavy (non-hydrogen) atoms. The van der Waals surface area contributed by atoms with Crippen molar-refractivity contribution in [2.45, 2.75) is 97.8 Å². The first-order chi connectivity index (χ1) is 16.4. The molecule has 0 saturated heterocycles. The Morgan fingerprint density at radius 1 is 0.914 bits per heavy atom. The normalized spacial score (nSPS) is 14.2. The van der Waals surface area contributed by atoms with Crippen LogP contribution < -0.4 is 0 Å². The third-order valence-electron chi connectivity index (χ3n) is 7.13. The van der Waals surface area contributed by atoms with Crippen LogP contribution in [-0.2, 0) is 27.0 Å². The first-order valence-electron chi connectivity index (χ1n) is 13.1. The summed E-state index contributed by atoms with van der Waals surface area (Å²) in [4.78, 5) is 14.9. The number of rotatable bonds is 13. The second-order valence-electron chi connectivity index (χ2n) is 11.4. The zero-order valence-electron chi connectivity index (χ0n) is 23.2. The van der Waals surface area contributed by atoms with Crippen LogP contribution in [0.4, 0.5) is 0 Å². The molecule has 194 valence electrons. The van der Waals surface area contributed by atoms with Gasteiger partial charge in [-0.25, -0.2) is 0 Å². The predicted molar refractivity (Wildman–Crippen MR) is 149 cm³/mol. The highest BCUT2D eigenvalue weighted by Crippen LogP contribution is 2.39. The fraction of sp³-hybridized carbons (Fsp3) is 0.567. The molecule has 0 heterocycles. The molecule has 0 N–H and O–H groups in total. The summed E-state index contributed by atoms with van der Waals surface area (Å²) in [6.45, 7) is 19.9. The van der Waals surface area contributed by atoms with Crippen molar-refractivity contribution in [3.8, 4) is 0 Å². The van der Waals surface area contributed by atoms with Crippen LogP contribution in [0.3, 0.4) is 0 Å². The lowest BCUT2D eigenvalue weighted by molar-refractivity contribution is -0.144. The summed E-state index contributed by atoms with van der Waals surface area (Å²) in [6, 6.07) is 21.5. The quantitative estimate of drug-likeness (QED) is 0.213. The van der Waals surface area contributed by atoms with Crippen LogP contribution in [0.1, 0.15) is 65.5 Å². The second-order valence-corrected chi connectivity index (χ2v) is 16.1. The Kier molecular flexibility index (Phi) is 11.2. The predicted octanol–water partition coefficient (Wildman–Crippen LogP) is 7.45. The Balaban J connectivity index is 2.45. The molecule has 0 unspecified atom stereocenters. The van der Waals surface area contributed by atoms with E-state index < -0.39 is 8.32 Å². The van der Waals surface area contributed by atoms with Crippen LogP contribution in [0.2, 0.25) is 18.1 Å². The summed E-state index contributed by atoms with van der Waals surface area (Å²) in [5.41, 5.74) is 2.57. The van der Waals surface area contributed by atoms with Crippen molar-refractivity contribution in [1.29, 1.82) is 0 Å². The minimum Gasteiger partial charge on any atom is -0.466 e. The van der Waals surface area contributed by atoms with Crippen LogP contribution in [-0.4, -0.2) is 37.9 Å². The average molecular weight is 498 g/mol. The molecule has 0 radical (unpaired) electrons. The van der Waals surface area contributed by atoms with Crippen molar-refractivity contribution in [1.82, 2.24) is 4.90 Å². The Hall–Kier alpha value is -1.95. The van der Waals surface area contributed by atoms with E-state index in [1.165, 1.54) is 11.1 Å². The van der Waals surface area contributed by atoms with Gasteiger partial charge < -0.3 is 9.16 Å². The van der Waals surface area contributed by atoms with Gasteiger partial charge in [-0.2, -0.15) is 0 Å². The number of carbonyl (C=O) groups is 1. The number of hydrogen-bond acceptors (Lipinski definition) is 4. The maximum atomic E-state index is 12.4. The van der Waals surface area contributed by atoms with Gasteiger partial charge in [-0.15, -0.1) is 0 Å². The highest BCUT2D eigenvalue weighted by atomic mass is 28.4. The van der Waals surface area contributed by atoms with Crippen LogP contribution in [0.5, 0.6) is 0 Å². The third kappa shape index (κ3) is 9.21. The lowest BCUT2D eigenvalue weighted by Gasteiger charge is -2.46. The van der Waals surface area contributed by atoms with E-state index in [4.69, 9.17) is 9.16 Å². The molecule has 2 aromatic carbocycles. The van der Waals surface area contributed by atoms with Crippen molar-refractivity contribution >= 4 is 14.3 Å². The molecule has 0 aliphatic rings. The summed E-state index contributed by atoms with van der Waals surface area (Å²) in [5, 5.41) is 0.0837. The van der Waals surface area contributed by atoms with E-state index in [0.717, 1.165) is 13.1 Å². The Labute approximate surface area is 215 Å². The van der Waals surface area contributed by atoms with Crippen molar-refractivity contribution in [3.63, 3.8) is 0 Å². The maximum Gasteiger partial charge on any atom is 0.305 e. The minimum absolute atomic E-state index is 0.0623. The van der Waals surface area contributed by atoms with Gasteiger partial charge in [0.25, 0.3) is 0 Å². The average Bonchev–Trinajstić information content (AvgIpc) is 2.78. The summed E-state index contributed by atoms with van der Waals surface area (Å²) in [7, 11) is -2.08. The lowest BCUT2D eigenvalue weighted by atomic mass is 9.92. The maximum absolute atomic E-state index is 12.4. The number of carbonyl (C=O) groups excluding carboxylic acids is 1. The molecular formula is C30H47NO3Si. The van der Waals surface area contributed by atoms with E-state index in [9.17, 15) is 4.79 Å². The van der Waals surface area contributed by atoms with Gasteiger partial charge in [-0.05, 0) is 48.5 Å². The zero-order valence-corrected chi connectivity index (χ0v) is 24.2. The van der Waals surface area contributed by atoms with Gasteiger partial charge in [0.2, 0.25) is 0 Å². The second kappa shape index (κ2) is 13.4. The standard InChI is InChI=1S/C30H47NO3Si/c1-9-33-28(32)21-20-27(34-35(7,8)30(4,5)6)29(24(2)3)31(22-25-16-12-10-13-17-25)23-26-18-14-11-15-19-26/h10-19,24,27,29H,9,20-23H2,1-8H3/t27-,29+/m1/s1. The van der Waals surface area contributed by atoms with E-state index in [0.29, 0.717) is 25.4 Å². The van der Waals surface area contributed by atoms with Gasteiger partial charge in [0, 0.05) is 25.6 Å². The van der Waals surface area contributed by atoms with Crippen LogP contribution >= 0.6 is 0 Å². The Morgan fingerprint density at radius 2 is 1.40 bits per heavy atom. The van der Waals surface area contributed by atoms with E-state index >= 15 is 0 Å². The molecule has 0 aromatic heterocycles. The summed E-state index contributed by atoms with van der Waals surface area (Å²) >= 11 is 0. The summed E-state index contributed by atoms with van der Waals surface area (Å²) in [6.07, 6.45) is 0.975. The van der Waals surface area contributed by atoms with E-state index in [1.54, 1.807) is 0 Å². The Bertz CT molecular complexity index is 836. The molecule has 2 aromatic rings. The molecule has 0 spiro atoms. The van der Waals surface area contributed by atoms with Crippen molar-refractivity contribution in [3.05, 3.63) is 71.8 Å². The molecule has 2 rings (SSSR count). The first kappa shape index (κ1) is 29.3. The SMILES string of the molecule is CCOC(=O)CC[C@@H](O[Si](C)(C)C(C)(C)C)[C@H](C(C)C)N(Cc1ccccc1)Cc1ccccc1. The number of ether oxygens (including phenoxy) is 1. The summed E-state index contributed by atoms with van der Waals surface area (Å²) in [5.74, 6) is 0.205. The fourth-order valence-corrected chi connectivity index (χ4v) is 5.70. The third-order valence-corrected chi connectivity index (χ3v) is 11.6. The summed E-state index contributed by atoms with van der Waals surface area (Å²) < 4.78 is 12.4. The van der Waals surface area contributed by atoms with Gasteiger partial charge in [0.1, 0.15) is 0 Å². The van der Waals surface area contributed by atoms with Gasteiger partial charge >= 0.3 is 5.97 Å². The van der Waals surface area contributed by atoms with E-state index in [1.807, 2.05) is 6.92 Å². The van der Waals surface area contributed by atoms with E-state index in [-0.39, 0.29) is 23.2 Å². The number of hydrogen-bond donors (Lipinski definition) is 0. The van der Waals surface area contributed by atoms with Crippen LogP contribution in [0.15, 0.2) is 60.7 Å². The molecule has 0 bridgehead atoms. The van der Waals surface area contributed by atoms with Gasteiger partial charge in [0.05, 0.1) is 12.7 Å². The molecule has 0 amide bonds. The lowest BCUT2D eigenvalue weighted by Crippen LogP contribution is -2.53. The highest BCUT2D eigenvalue weighted by Gasteiger charge is 2.42. The largest absolute Gasteiger partial charge is 0.466 e.